The molecule has 9 heteroatoms. The highest BCUT2D eigenvalue weighted by molar-refractivity contribution is 7.18. The number of nitrogens with zero attached hydrogens (tertiary/aromatic N) is 2. The van der Waals surface area contributed by atoms with Crippen LogP contribution in [-0.2, 0) is 0 Å². The van der Waals surface area contributed by atoms with E-state index in [0.717, 1.165) is 16.9 Å². The van der Waals surface area contributed by atoms with Gasteiger partial charge in [0.25, 0.3) is 11.6 Å². The van der Waals surface area contributed by atoms with Crippen LogP contribution in [-0.4, -0.2) is 26.7 Å². The second kappa shape index (κ2) is 8.44. The quantitative estimate of drug-likeness (QED) is 0.272. The van der Waals surface area contributed by atoms with E-state index in [0.29, 0.717) is 10.6 Å². The molecule has 0 saturated heterocycles. The largest absolute Gasteiger partial charge is 0.508 e. The highest BCUT2D eigenvalue weighted by Crippen LogP contribution is 2.24. The Morgan fingerprint density at radius 1 is 1.14 bits per heavy atom. The number of allylic oxidation sites excluding steroid dienone is 1. The lowest BCUT2D eigenvalue weighted by Crippen LogP contribution is -2.11. The molecule has 0 saturated carbocycles. The van der Waals surface area contributed by atoms with Crippen LogP contribution in [0, 0.1) is 17.0 Å². The van der Waals surface area contributed by atoms with Crippen molar-refractivity contribution in [2.45, 2.75) is 6.92 Å². The minimum absolute atomic E-state index is 0.111. The molecule has 0 radical (unpaired) electrons. The fourth-order valence-electron chi connectivity index (χ4n) is 2.42. The number of carbonyl (C=O) groups is 2. The summed E-state index contributed by atoms with van der Waals surface area (Å²) >= 11 is 1.04. The average molecular weight is 409 g/mol. The van der Waals surface area contributed by atoms with Crippen LogP contribution in [0.25, 0.3) is 6.08 Å². The van der Waals surface area contributed by atoms with Crippen LogP contribution in [0.2, 0.25) is 0 Å². The molecule has 3 aromatic rings. The number of aromatic nitrogens is 1. The van der Waals surface area contributed by atoms with Gasteiger partial charge >= 0.3 is 0 Å². The molecule has 2 N–H and O–H groups in total. The minimum Gasteiger partial charge on any atom is -0.508 e. The summed E-state index contributed by atoms with van der Waals surface area (Å²) in [6.45, 7) is 1.67. The van der Waals surface area contributed by atoms with Crippen molar-refractivity contribution >= 4 is 39.9 Å². The molecule has 0 spiro atoms. The van der Waals surface area contributed by atoms with Gasteiger partial charge < -0.3 is 5.11 Å². The Bertz CT molecular complexity index is 1100. The van der Waals surface area contributed by atoms with Crippen molar-refractivity contribution in [2.75, 3.05) is 5.32 Å². The number of phenols is 1. The molecule has 8 nitrogen and oxygen atoms in total. The highest BCUT2D eigenvalue weighted by Gasteiger charge is 2.16. The second-order valence-electron chi connectivity index (χ2n) is 5.98. The third-order valence-electron chi connectivity index (χ3n) is 3.90. The standard InChI is InChI=1S/C20H15N3O5S/c1-12-18(17(25)11-4-13-2-9-16(24)10-3-13)29-20(21-12)22-19(26)14-5-7-15(8-6-14)23(27)28/h2-11,24H,1H3,(H,21,22,26). The van der Waals surface area contributed by atoms with Crippen LogP contribution >= 0.6 is 11.3 Å². The number of ketones is 1. The van der Waals surface area contributed by atoms with Crippen molar-refractivity contribution in [3.8, 4) is 5.75 Å². The molecular weight excluding hydrogens is 394 g/mol. The van der Waals surface area contributed by atoms with Gasteiger partial charge in [-0.05, 0) is 42.8 Å². The van der Waals surface area contributed by atoms with Gasteiger partial charge in [0, 0.05) is 17.7 Å². The SMILES string of the molecule is Cc1nc(NC(=O)c2ccc([N+](=O)[O-])cc2)sc1C(=O)C=Cc1ccc(O)cc1. The van der Waals surface area contributed by atoms with Crippen molar-refractivity contribution in [3.05, 3.63) is 86.4 Å². The number of aryl methyl sites for hydroxylation is 1. The van der Waals surface area contributed by atoms with Crippen LogP contribution in [0.15, 0.2) is 54.6 Å². The average Bonchev–Trinajstić information content (AvgIpc) is 3.07. The van der Waals surface area contributed by atoms with Gasteiger partial charge in [0.15, 0.2) is 10.9 Å². The summed E-state index contributed by atoms with van der Waals surface area (Å²) in [6.07, 6.45) is 3.02. The van der Waals surface area contributed by atoms with E-state index in [-0.39, 0.29) is 27.9 Å². The van der Waals surface area contributed by atoms with Gasteiger partial charge in [-0.15, -0.1) is 0 Å². The fourth-order valence-corrected chi connectivity index (χ4v) is 3.30. The van der Waals surface area contributed by atoms with E-state index in [1.807, 2.05) is 0 Å². The zero-order chi connectivity index (χ0) is 21.0. The van der Waals surface area contributed by atoms with Gasteiger partial charge in [-0.2, -0.15) is 0 Å². The summed E-state index contributed by atoms with van der Waals surface area (Å²) in [5.74, 6) is -0.601. The van der Waals surface area contributed by atoms with Crippen LogP contribution in [0.5, 0.6) is 5.75 Å². The van der Waals surface area contributed by atoms with Crippen LogP contribution in [0.4, 0.5) is 10.8 Å². The Labute approximate surface area is 169 Å². The number of thiazole rings is 1. The first-order valence-corrected chi connectivity index (χ1v) is 9.20. The molecular formula is C20H15N3O5S. The minimum atomic E-state index is -0.546. The van der Waals surface area contributed by atoms with Crippen molar-refractivity contribution in [1.82, 2.24) is 4.98 Å². The lowest BCUT2D eigenvalue weighted by Gasteiger charge is -2.01. The molecule has 0 aliphatic carbocycles. The number of phenolic OH excluding ortho intramolecular Hbond substituents is 1. The van der Waals surface area contributed by atoms with Crippen molar-refractivity contribution in [1.29, 1.82) is 0 Å². The van der Waals surface area contributed by atoms with E-state index in [1.165, 1.54) is 42.5 Å². The third-order valence-corrected chi connectivity index (χ3v) is 4.99. The number of rotatable bonds is 6. The molecule has 3 rings (SSSR count). The lowest BCUT2D eigenvalue weighted by molar-refractivity contribution is -0.384. The number of non-ortho nitro benzene ring substituents is 1. The molecule has 1 aromatic heterocycles. The number of benzene rings is 2. The predicted octanol–water partition coefficient (Wildman–Crippen LogP) is 4.21. The molecule has 1 amide bonds. The Kier molecular flexibility index (Phi) is 5.79. The molecule has 1 heterocycles. The van der Waals surface area contributed by atoms with E-state index in [2.05, 4.69) is 10.3 Å². The van der Waals surface area contributed by atoms with Gasteiger partial charge in [0.05, 0.1) is 15.5 Å². The van der Waals surface area contributed by atoms with Gasteiger partial charge in [-0.3, -0.25) is 25.0 Å². The Balaban J connectivity index is 1.70. The molecule has 0 fully saturated rings. The topological polar surface area (TPSA) is 122 Å². The maximum absolute atomic E-state index is 12.4. The van der Waals surface area contributed by atoms with E-state index < -0.39 is 10.8 Å². The van der Waals surface area contributed by atoms with Crippen molar-refractivity contribution in [2.24, 2.45) is 0 Å². The molecule has 0 aliphatic rings. The number of nitro groups is 1. The maximum Gasteiger partial charge on any atom is 0.269 e. The maximum atomic E-state index is 12.4. The van der Waals surface area contributed by atoms with Gasteiger partial charge in [0.1, 0.15) is 5.75 Å². The summed E-state index contributed by atoms with van der Waals surface area (Å²) in [7, 11) is 0. The summed E-state index contributed by atoms with van der Waals surface area (Å²) in [5.41, 5.74) is 1.36. The first kappa shape index (κ1) is 19.9. The van der Waals surface area contributed by atoms with Crippen LogP contribution < -0.4 is 5.32 Å². The van der Waals surface area contributed by atoms with Gasteiger partial charge in [0.2, 0.25) is 0 Å². The smallest absolute Gasteiger partial charge is 0.269 e. The molecule has 0 bridgehead atoms. The number of nitrogens with one attached hydrogen (secondary N) is 1. The molecule has 0 unspecified atom stereocenters. The third kappa shape index (κ3) is 4.90. The zero-order valence-electron chi connectivity index (χ0n) is 15.2. The normalized spacial score (nSPS) is 10.8. The summed E-state index contributed by atoms with van der Waals surface area (Å²) in [4.78, 5) is 39.5. The summed E-state index contributed by atoms with van der Waals surface area (Å²) in [5, 5.41) is 22.8. The number of amides is 1. The van der Waals surface area contributed by atoms with E-state index in [4.69, 9.17) is 0 Å². The number of hydrogen-bond acceptors (Lipinski definition) is 7. The monoisotopic (exact) mass is 409 g/mol. The van der Waals surface area contributed by atoms with E-state index in [1.54, 1.807) is 25.1 Å². The van der Waals surface area contributed by atoms with E-state index >= 15 is 0 Å². The molecule has 2 aromatic carbocycles. The summed E-state index contributed by atoms with van der Waals surface area (Å²) < 4.78 is 0. The number of anilines is 1. The molecule has 0 aliphatic heterocycles. The van der Waals surface area contributed by atoms with Gasteiger partial charge in [-0.1, -0.05) is 29.5 Å². The Morgan fingerprint density at radius 3 is 2.41 bits per heavy atom. The Hall–Kier alpha value is -3.85. The number of carbonyl (C=O) groups excluding carboxylic acids is 2. The zero-order valence-corrected chi connectivity index (χ0v) is 16.0. The summed E-state index contributed by atoms with van der Waals surface area (Å²) in [6, 6.07) is 11.6. The van der Waals surface area contributed by atoms with Crippen molar-refractivity contribution < 1.29 is 19.6 Å². The highest BCUT2D eigenvalue weighted by atomic mass is 32.1. The number of hydrogen-bond donors (Lipinski definition) is 2. The van der Waals surface area contributed by atoms with E-state index in [9.17, 15) is 24.8 Å². The lowest BCUT2D eigenvalue weighted by atomic mass is 10.1. The fraction of sp³-hybridized carbons (Fsp3) is 0.0500. The predicted molar refractivity (Wildman–Crippen MR) is 109 cm³/mol. The molecule has 146 valence electrons. The van der Waals surface area contributed by atoms with Gasteiger partial charge in [-0.25, -0.2) is 4.98 Å². The molecule has 29 heavy (non-hydrogen) atoms. The Morgan fingerprint density at radius 2 is 1.79 bits per heavy atom. The second-order valence-corrected chi connectivity index (χ2v) is 6.98. The van der Waals surface area contributed by atoms with Crippen LogP contribution in [0.1, 0.15) is 31.3 Å². The van der Waals surface area contributed by atoms with Crippen molar-refractivity contribution in [3.63, 3.8) is 0 Å². The number of nitro benzene ring substituents is 1. The molecule has 0 atom stereocenters. The first-order chi connectivity index (χ1) is 13.8. The first-order valence-electron chi connectivity index (χ1n) is 8.38. The number of aromatic hydroxyl groups is 1. The van der Waals surface area contributed by atoms with Crippen LogP contribution in [0.3, 0.4) is 0 Å².